The monoisotopic (exact) mass is 300 g/mol. The fraction of sp³-hybridized carbons (Fsp3) is 0.125. The topological polar surface area (TPSA) is 54.6 Å². The quantitative estimate of drug-likeness (QED) is 0.714. The first kappa shape index (κ1) is 13.6. The number of aromatic hydroxyl groups is 1. The van der Waals surface area contributed by atoms with Crippen LogP contribution in [0.25, 0.3) is 10.9 Å². The lowest BCUT2D eigenvalue weighted by atomic mass is 10.1. The Balaban J connectivity index is 2.02. The molecule has 2 aromatic carbocycles. The summed E-state index contributed by atoms with van der Waals surface area (Å²) >= 11 is 5.95. The van der Waals surface area contributed by atoms with Gasteiger partial charge in [0.25, 0.3) is 0 Å². The zero-order valence-electron chi connectivity index (χ0n) is 11.2. The molecule has 21 heavy (non-hydrogen) atoms. The standard InChI is InChI=1S/C16H13ClN2O2/c17-12-6-7-14-13(10-12)15(18-21)16(20)19(14)9-8-11-4-2-1-3-5-11/h1-7,10,20H,8-9H2. The lowest BCUT2D eigenvalue weighted by Crippen LogP contribution is -2.00. The van der Waals surface area contributed by atoms with Crippen molar-refractivity contribution >= 4 is 28.2 Å². The van der Waals surface area contributed by atoms with Crippen molar-refractivity contribution < 1.29 is 5.11 Å². The Morgan fingerprint density at radius 2 is 1.90 bits per heavy atom. The molecule has 0 aliphatic rings. The molecule has 3 rings (SSSR count). The predicted octanol–water partition coefficient (Wildman–Crippen LogP) is 4.64. The molecule has 1 heterocycles. The number of nitrogens with zero attached hydrogens (tertiary/aromatic N) is 2. The predicted molar refractivity (Wildman–Crippen MR) is 84.2 cm³/mol. The van der Waals surface area contributed by atoms with Gasteiger partial charge < -0.3 is 9.67 Å². The number of hydrogen-bond donors (Lipinski definition) is 1. The molecular weight excluding hydrogens is 288 g/mol. The van der Waals surface area contributed by atoms with E-state index in [2.05, 4.69) is 5.18 Å². The van der Waals surface area contributed by atoms with Crippen LogP contribution in [-0.4, -0.2) is 9.67 Å². The maximum atomic E-state index is 11.0. The van der Waals surface area contributed by atoms with Gasteiger partial charge in [0.15, 0.2) is 5.69 Å². The third-order valence-corrected chi connectivity index (χ3v) is 3.77. The Kier molecular flexibility index (Phi) is 3.62. The minimum atomic E-state index is -0.113. The largest absolute Gasteiger partial charge is 0.493 e. The number of halogens is 1. The van der Waals surface area contributed by atoms with Gasteiger partial charge >= 0.3 is 0 Å². The van der Waals surface area contributed by atoms with E-state index in [0.29, 0.717) is 17.0 Å². The number of rotatable bonds is 4. The van der Waals surface area contributed by atoms with Gasteiger partial charge in [0.05, 0.1) is 5.52 Å². The second-order valence-electron chi connectivity index (χ2n) is 4.81. The minimum absolute atomic E-state index is 0.0422. The van der Waals surface area contributed by atoms with E-state index < -0.39 is 0 Å². The highest BCUT2D eigenvalue weighted by atomic mass is 35.5. The van der Waals surface area contributed by atoms with E-state index in [9.17, 15) is 10.0 Å². The lowest BCUT2D eigenvalue weighted by molar-refractivity contribution is 0.423. The molecule has 0 aliphatic carbocycles. The van der Waals surface area contributed by atoms with Crippen LogP contribution in [0.3, 0.4) is 0 Å². The number of fused-ring (bicyclic) bond motifs is 1. The van der Waals surface area contributed by atoms with E-state index in [4.69, 9.17) is 11.6 Å². The maximum Gasteiger partial charge on any atom is 0.222 e. The Hall–Kier alpha value is -2.33. The van der Waals surface area contributed by atoms with Crippen molar-refractivity contribution in [2.45, 2.75) is 13.0 Å². The Morgan fingerprint density at radius 3 is 2.62 bits per heavy atom. The molecule has 0 atom stereocenters. The zero-order valence-corrected chi connectivity index (χ0v) is 11.9. The fourth-order valence-corrected chi connectivity index (χ4v) is 2.67. The van der Waals surface area contributed by atoms with Crippen LogP contribution in [0.5, 0.6) is 5.88 Å². The number of aromatic nitrogens is 1. The Labute approximate surface area is 126 Å². The van der Waals surface area contributed by atoms with Gasteiger partial charge in [0.1, 0.15) is 0 Å². The van der Waals surface area contributed by atoms with Crippen LogP contribution >= 0.6 is 11.6 Å². The van der Waals surface area contributed by atoms with Gasteiger partial charge in [-0.25, -0.2) is 0 Å². The highest BCUT2D eigenvalue weighted by Gasteiger charge is 2.17. The van der Waals surface area contributed by atoms with E-state index in [1.54, 1.807) is 22.8 Å². The smallest absolute Gasteiger partial charge is 0.222 e. The minimum Gasteiger partial charge on any atom is -0.493 e. The van der Waals surface area contributed by atoms with Crippen LogP contribution in [0.15, 0.2) is 53.7 Å². The summed E-state index contributed by atoms with van der Waals surface area (Å²) in [6.45, 7) is 0.559. The van der Waals surface area contributed by atoms with Crippen LogP contribution in [0.1, 0.15) is 5.56 Å². The highest BCUT2D eigenvalue weighted by molar-refractivity contribution is 6.31. The molecule has 1 aromatic heterocycles. The molecule has 4 nitrogen and oxygen atoms in total. The second-order valence-corrected chi connectivity index (χ2v) is 5.25. The number of hydrogen-bond acceptors (Lipinski definition) is 3. The van der Waals surface area contributed by atoms with Crippen molar-refractivity contribution in [3.63, 3.8) is 0 Å². The summed E-state index contributed by atoms with van der Waals surface area (Å²) in [6.07, 6.45) is 0.749. The van der Waals surface area contributed by atoms with Crippen LogP contribution in [0, 0.1) is 4.91 Å². The summed E-state index contributed by atoms with van der Waals surface area (Å²) in [6, 6.07) is 15.1. The molecule has 0 saturated carbocycles. The molecule has 3 aromatic rings. The first-order chi connectivity index (χ1) is 10.2. The molecule has 5 heteroatoms. The van der Waals surface area contributed by atoms with Crippen molar-refractivity contribution in [2.75, 3.05) is 0 Å². The molecule has 1 N–H and O–H groups in total. The van der Waals surface area contributed by atoms with Gasteiger partial charge in [0, 0.05) is 17.0 Å². The van der Waals surface area contributed by atoms with Gasteiger partial charge in [-0.05, 0) is 35.4 Å². The second kappa shape index (κ2) is 5.58. The molecule has 0 bridgehead atoms. The van der Waals surface area contributed by atoms with Gasteiger partial charge in [0.2, 0.25) is 5.88 Å². The Bertz CT molecular complexity index is 797. The Morgan fingerprint density at radius 1 is 1.14 bits per heavy atom. The average molecular weight is 301 g/mol. The normalized spacial score (nSPS) is 10.9. The zero-order chi connectivity index (χ0) is 14.8. The van der Waals surface area contributed by atoms with Gasteiger partial charge in [-0.1, -0.05) is 41.9 Å². The van der Waals surface area contributed by atoms with Gasteiger partial charge in [-0.15, -0.1) is 4.91 Å². The first-order valence-corrected chi connectivity index (χ1v) is 6.96. The van der Waals surface area contributed by atoms with Gasteiger partial charge in [-0.3, -0.25) is 0 Å². The van der Waals surface area contributed by atoms with Crippen molar-refractivity contribution in [3.05, 3.63) is 64.0 Å². The van der Waals surface area contributed by atoms with E-state index in [-0.39, 0.29) is 11.6 Å². The van der Waals surface area contributed by atoms with E-state index in [1.165, 1.54) is 0 Å². The fourth-order valence-electron chi connectivity index (χ4n) is 2.50. The average Bonchev–Trinajstić information content (AvgIpc) is 2.76. The van der Waals surface area contributed by atoms with Crippen LogP contribution in [0.4, 0.5) is 5.69 Å². The summed E-state index contributed by atoms with van der Waals surface area (Å²) in [5.41, 5.74) is 1.95. The summed E-state index contributed by atoms with van der Waals surface area (Å²) in [4.78, 5) is 11.0. The molecule has 0 saturated heterocycles. The molecule has 106 valence electrons. The van der Waals surface area contributed by atoms with Crippen LogP contribution in [0.2, 0.25) is 5.02 Å². The molecular formula is C16H13ClN2O2. The summed E-state index contributed by atoms with van der Waals surface area (Å²) < 4.78 is 1.69. The van der Waals surface area contributed by atoms with E-state index >= 15 is 0 Å². The van der Waals surface area contributed by atoms with E-state index in [0.717, 1.165) is 17.5 Å². The van der Waals surface area contributed by atoms with Crippen molar-refractivity contribution in [1.82, 2.24) is 4.57 Å². The highest BCUT2D eigenvalue weighted by Crippen LogP contribution is 2.39. The van der Waals surface area contributed by atoms with Crippen LogP contribution < -0.4 is 0 Å². The molecule has 0 unspecified atom stereocenters. The van der Waals surface area contributed by atoms with Crippen molar-refractivity contribution in [2.24, 2.45) is 5.18 Å². The number of benzene rings is 2. The number of nitroso groups, excluding NO2 is 1. The van der Waals surface area contributed by atoms with Crippen molar-refractivity contribution in [3.8, 4) is 5.88 Å². The molecule has 0 spiro atoms. The van der Waals surface area contributed by atoms with Gasteiger partial charge in [-0.2, -0.15) is 0 Å². The van der Waals surface area contributed by atoms with Crippen LogP contribution in [-0.2, 0) is 13.0 Å². The summed E-state index contributed by atoms with van der Waals surface area (Å²) in [5, 5.41) is 14.2. The third-order valence-electron chi connectivity index (χ3n) is 3.53. The molecule has 0 fully saturated rings. The first-order valence-electron chi connectivity index (χ1n) is 6.58. The SMILES string of the molecule is O=Nc1c(O)n(CCc2ccccc2)c2ccc(Cl)cc12. The third kappa shape index (κ3) is 2.50. The lowest BCUT2D eigenvalue weighted by Gasteiger charge is -2.07. The maximum absolute atomic E-state index is 11.0. The summed E-state index contributed by atoms with van der Waals surface area (Å²) in [5.74, 6) is -0.113. The molecule has 0 amide bonds. The van der Waals surface area contributed by atoms with E-state index in [1.807, 2.05) is 30.3 Å². The van der Waals surface area contributed by atoms with Crippen molar-refractivity contribution in [1.29, 1.82) is 0 Å². The molecule has 0 aliphatic heterocycles. The summed E-state index contributed by atoms with van der Waals surface area (Å²) in [7, 11) is 0. The number of aryl methyl sites for hydroxylation is 2. The molecule has 0 radical (unpaired) electrons.